The molecule has 0 saturated carbocycles. The van der Waals surface area contributed by atoms with E-state index < -0.39 is 13.0 Å². The first kappa shape index (κ1) is 10.8. The van der Waals surface area contributed by atoms with E-state index in [4.69, 9.17) is 5.11 Å². The third kappa shape index (κ3) is 3.21. The van der Waals surface area contributed by atoms with E-state index in [-0.39, 0.29) is 13.2 Å². The van der Waals surface area contributed by atoms with E-state index in [0.29, 0.717) is 5.82 Å². The number of aliphatic hydroxyl groups is 1. The lowest BCUT2D eigenvalue weighted by atomic mass is 10.4. The fraction of sp³-hybridized carbons (Fsp3) is 0.500. The van der Waals surface area contributed by atoms with E-state index in [1.165, 1.54) is 11.1 Å². The van der Waals surface area contributed by atoms with Crippen LogP contribution >= 0.6 is 0 Å². The molecule has 6 heteroatoms. The molecule has 0 aromatic carbocycles. The number of anilines is 1. The number of hydrogen-bond donors (Lipinski definition) is 1. The monoisotopic (exact) mass is 203 g/mol. The van der Waals surface area contributed by atoms with Gasteiger partial charge in [-0.15, -0.1) is 5.10 Å². The van der Waals surface area contributed by atoms with Crippen molar-refractivity contribution in [3.05, 3.63) is 18.3 Å². The number of aromatic nitrogens is 2. The Morgan fingerprint density at radius 2 is 2.29 bits per heavy atom. The SMILES string of the molecule is OCCN(CC(F)F)c1cccnn1. The Balaban J connectivity index is 2.67. The summed E-state index contributed by atoms with van der Waals surface area (Å²) in [6.45, 7) is -0.508. The molecule has 4 nitrogen and oxygen atoms in total. The average Bonchev–Trinajstić information content (AvgIpc) is 2.18. The van der Waals surface area contributed by atoms with Gasteiger partial charge in [-0.05, 0) is 12.1 Å². The topological polar surface area (TPSA) is 49.2 Å². The van der Waals surface area contributed by atoms with Gasteiger partial charge in [-0.25, -0.2) is 8.78 Å². The van der Waals surface area contributed by atoms with Crippen LogP contribution in [0.4, 0.5) is 14.6 Å². The van der Waals surface area contributed by atoms with Crippen LogP contribution in [0.2, 0.25) is 0 Å². The molecule has 1 rings (SSSR count). The van der Waals surface area contributed by atoms with E-state index in [1.54, 1.807) is 12.1 Å². The summed E-state index contributed by atoms with van der Waals surface area (Å²) < 4.78 is 24.2. The van der Waals surface area contributed by atoms with Crippen LogP contribution < -0.4 is 4.90 Å². The van der Waals surface area contributed by atoms with Crippen LogP contribution in [0.25, 0.3) is 0 Å². The predicted molar refractivity (Wildman–Crippen MR) is 47.3 cm³/mol. The standard InChI is InChI=1S/C8H11F2N3O/c9-7(10)6-13(4-5-14)8-2-1-3-11-12-8/h1-3,7,14H,4-6H2. The number of aliphatic hydroxyl groups excluding tert-OH is 1. The van der Waals surface area contributed by atoms with Gasteiger partial charge in [0.05, 0.1) is 13.2 Å². The van der Waals surface area contributed by atoms with Crippen LogP contribution in [0, 0.1) is 0 Å². The van der Waals surface area contributed by atoms with E-state index in [2.05, 4.69) is 10.2 Å². The highest BCUT2D eigenvalue weighted by Gasteiger charge is 2.13. The largest absolute Gasteiger partial charge is 0.395 e. The molecule has 1 heterocycles. The molecule has 0 spiro atoms. The predicted octanol–water partition coefficient (Wildman–Crippen LogP) is 0.540. The second kappa shape index (κ2) is 5.43. The van der Waals surface area contributed by atoms with Gasteiger partial charge in [-0.3, -0.25) is 0 Å². The Hall–Kier alpha value is -1.30. The summed E-state index contributed by atoms with van der Waals surface area (Å²) in [6, 6.07) is 3.18. The van der Waals surface area contributed by atoms with Crippen LogP contribution in [0.1, 0.15) is 0 Å². The highest BCUT2D eigenvalue weighted by atomic mass is 19.3. The minimum absolute atomic E-state index is 0.128. The molecule has 78 valence electrons. The Morgan fingerprint density at radius 1 is 1.50 bits per heavy atom. The molecule has 0 radical (unpaired) electrons. The second-order valence-electron chi connectivity index (χ2n) is 2.64. The van der Waals surface area contributed by atoms with Crippen molar-refractivity contribution >= 4 is 5.82 Å². The molecule has 0 unspecified atom stereocenters. The van der Waals surface area contributed by atoms with Crippen molar-refractivity contribution < 1.29 is 13.9 Å². The van der Waals surface area contributed by atoms with Crippen molar-refractivity contribution in [2.75, 3.05) is 24.6 Å². The van der Waals surface area contributed by atoms with Crippen molar-refractivity contribution in [1.29, 1.82) is 0 Å². The van der Waals surface area contributed by atoms with E-state index in [1.807, 2.05) is 0 Å². The lowest BCUT2D eigenvalue weighted by Crippen LogP contribution is -2.32. The van der Waals surface area contributed by atoms with Gasteiger partial charge in [0.25, 0.3) is 6.43 Å². The van der Waals surface area contributed by atoms with Gasteiger partial charge in [0.2, 0.25) is 0 Å². The molecule has 0 aliphatic rings. The lowest BCUT2D eigenvalue weighted by Gasteiger charge is -2.21. The summed E-state index contributed by atoms with van der Waals surface area (Å²) in [5.74, 6) is 0.349. The number of halogens is 2. The second-order valence-corrected chi connectivity index (χ2v) is 2.64. The van der Waals surface area contributed by atoms with Gasteiger partial charge in [-0.1, -0.05) is 0 Å². The van der Waals surface area contributed by atoms with Crippen LogP contribution in [-0.4, -0.2) is 41.4 Å². The molecule has 0 bridgehead atoms. The molecule has 1 N–H and O–H groups in total. The summed E-state index contributed by atoms with van der Waals surface area (Å²) in [7, 11) is 0. The van der Waals surface area contributed by atoms with E-state index in [0.717, 1.165) is 0 Å². The van der Waals surface area contributed by atoms with Crippen molar-refractivity contribution in [3.8, 4) is 0 Å². The normalized spacial score (nSPS) is 10.6. The molecule has 1 aromatic rings. The molecular formula is C8H11F2N3O. The maximum absolute atomic E-state index is 12.1. The maximum Gasteiger partial charge on any atom is 0.255 e. The van der Waals surface area contributed by atoms with Crippen molar-refractivity contribution in [2.24, 2.45) is 0 Å². The first-order valence-electron chi connectivity index (χ1n) is 4.15. The highest BCUT2D eigenvalue weighted by molar-refractivity contribution is 5.36. The zero-order valence-corrected chi connectivity index (χ0v) is 7.48. The Labute approximate surface area is 80.2 Å². The van der Waals surface area contributed by atoms with Gasteiger partial charge >= 0.3 is 0 Å². The lowest BCUT2D eigenvalue weighted by molar-refractivity contribution is 0.152. The summed E-state index contributed by atoms with van der Waals surface area (Å²) >= 11 is 0. The van der Waals surface area contributed by atoms with E-state index in [9.17, 15) is 8.78 Å². The maximum atomic E-state index is 12.1. The minimum atomic E-state index is -2.46. The first-order valence-corrected chi connectivity index (χ1v) is 4.15. The van der Waals surface area contributed by atoms with Crippen molar-refractivity contribution in [1.82, 2.24) is 10.2 Å². The van der Waals surface area contributed by atoms with Crippen LogP contribution in [-0.2, 0) is 0 Å². The third-order valence-corrected chi connectivity index (χ3v) is 1.61. The van der Waals surface area contributed by atoms with Gasteiger partial charge in [0.15, 0.2) is 5.82 Å². The van der Waals surface area contributed by atoms with Crippen LogP contribution in [0.3, 0.4) is 0 Å². The van der Waals surface area contributed by atoms with Gasteiger partial charge < -0.3 is 10.0 Å². The van der Waals surface area contributed by atoms with Crippen LogP contribution in [0.15, 0.2) is 18.3 Å². The molecule has 0 fully saturated rings. The van der Waals surface area contributed by atoms with Gasteiger partial charge in [0.1, 0.15) is 0 Å². The summed E-state index contributed by atoms with van der Waals surface area (Å²) in [4.78, 5) is 1.29. The summed E-state index contributed by atoms with van der Waals surface area (Å²) in [5, 5.41) is 15.9. The fourth-order valence-corrected chi connectivity index (χ4v) is 1.05. The molecule has 14 heavy (non-hydrogen) atoms. The van der Waals surface area contributed by atoms with Gasteiger partial charge in [-0.2, -0.15) is 5.10 Å². The molecule has 0 aliphatic heterocycles. The minimum Gasteiger partial charge on any atom is -0.395 e. The highest BCUT2D eigenvalue weighted by Crippen LogP contribution is 2.09. The van der Waals surface area contributed by atoms with Crippen molar-refractivity contribution in [2.45, 2.75) is 6.43 Å². The molecule has 0 saturated heterocycles. The number of hydrogen-bond acceptors (Lipinski definition) is 4. The Morgan fingerprint density at radius 3 is 2.79 bits per heavy atom. The third-order valence-electron chi connectivity index (χ3n) is 1.61. The Bertz CT molecular complexity index is 258. The molecule has 1 aromatic heterocycles. The molecule has 0 amide bonds. The Kier molecular flexibility index (Phi) is 4.18. The zero-order chi connectivity index (χ0) is 10.4. The quantitative estimate of drug-likeness (QED) is 0.758. The molecule has 0 atom stereocenters. The summed E-state index contributed by atoms with van der Waals surface area (Å²) in [5.41, 5.74) is 0. The van der Waals surface area contributed by atoms with E-state index >= 15 is 0 Å². The van der Waals surface area contributed by atoms with Crippen molar-refractivity contribution in [3.63, 3.8) is 0 Å². The molecular weight excluding hydrogens is 192 g/mol. The van der Waals surface area contributed by atoms with Gasteiger partial charge in [0, 0.05) is 12.7 Å². The number of nitrogens with zero attached hydrogens (tertiary/aromatic N) is 3. The smallest absolute Gasteiger partial charge is 0.255 e. The van der Waals surface area contributed by atoms with Crippen LogP contribution in [0.5, 0.6) is 0 Å². The average molecular weight is 203 g/mol. The fourth-order valence-electron chi connectivity index (χ4n) is 1.05. The zero-order valence-electron chi connectivity index (χ0n) is 7.48. The summed E-state index contributed by atoms with van der Waals surface area (Å²) in [6.07, 6.45) is -0.994. The molecule has 0 aliphatic carbocycles. The number of alkyl halides is 2. The number of rotatable bonds is 5. The first-order chi connectivity index (χ1) is 6.74.